The largest absolute Gasteiger partial charge is 0.478 e. The number of aliphatic hydroxyl groups is 1. The molecule has 0 saturated heterocycles. The zero-order valence-electron chi connectivity index (χ0n) is 5.79. The number of aliphatic hydroxyl groups excluding tert-OH is 1. The Hall–Kier alpha value is -0.870. The maximum absolute atomic E-state index is 10.1. The predicted octanol–water partition coefficient (Wildman–Crippen LogP) is -0.425. The third-order valence-corrected chi connectivity index (χ3v) is 0.917. The number of carbonyl (C=O) groups is 1. The van der Waals surface area contributed by atoms with Crippen LogP contribution in [0.15, 0.2) is 11.6 Å². The lowest BCUT2D eigenvalue weighted by Crippen LogP contribution is -1.95. The number of hydrogen-bond acceptors (Lipinski definition) is 2. The van der Waals surface area contributed by atoms with Gasteiger partial charge in [0, 0.05) is 12.2 Å². The molecule has 0 spiro atoms. The summed E-state index contributed by atoms with van der Waals surface area (Å²) in [6.07, 6.45) is 1.90. The zero-order chi connectivity index (χ0) is 7.28. The minimum atomic E-state index is -0.927. The summed E-state index contributed by atoms with van der Waals surface area (Å²) in [5.74, 6) is -0.927. The van der Waals surface area contributed by atoms with Gasteiger partial charge in [-0.05, 0) is 13.3 Å². The first-order valence-corrected chi connectivity index (χ1v) is 2.69. The van der Waals surface area contributed by atoms with Crippen LogP contribution in [0, 0.1) is 0 Å². The first-order chi connectivity index (χ1) is 4.18. The van der Waals surface area contributed by atoms with Crippen LogP contribution in [0.5, 0.6) is 0 Å². The quantitative estimate of drug-likeness (QED) is 0.532. The fraction of sp³-hybridized carbons (Fsp3) is 0.500. The lowest BCUT2D eigenvalue weighted by Gasteiger charge is -1.89. The molecule has 10 heavy (non-hydrogen) atoms. The standard InChI is InChI=1S/C6H10O3.H2O/c1-5(6(8)9)3-2-4-7;/h3,7H,2,4H2,1H3,(H,8,9);1H2. The van der Waals surface area contributed by atoms with Crippen molar-refractivity contribution in [3.63, 3.8) is 0 Å². The molecule has 0 aromatic rings. The Morgan fingerprint density at radius 2 is 2.10 bits per heavy atom. The summed E-state index contributed by atoms with van der Waals surface area (Å²) in [6, 6.07) is 0. The maximum atomic E-state index is 10.1. The van der Waals surface area contributed by atoms with E-state index in [1.165, 1.54) is 13.0 Å². The third-order valence-electron chi connectivity index (χ3n) is 0.917. The van der Waals surface area contributed by atoms with Crippen molar-refractivity contribution < 1.29 is 20.5 Å². The van der Waals surface area contributed by atoms with Gasteiger partial charge >= 0.3 is 5.97 Å². The van der Waals surface area contributed by atoms with Crippen LogP contribution < -0.4 is 0 Å². The van der Waals surface area contributed by atoms with E-state index in [0.29, 0.717) is 6.42 Å². The number of carboxylic acids is 1. The Kier molecular flexibility index (Phi) is 7.42. The van der Waals surface area contributed by atoms with Gasteiger partial charge in [-0.3, -0.25) is 0 Å². The molecule has 4 heteroatoms. The van der Waals surface area contributed by atoms with E-state index < -0.39 is 5.97 Å². The van der Waals surface area contributed by atoms with E-state index in [2.05, 4.69) is 0 Å². The van der Waals surface area contributed by atoms with Gasteiger partial charge in [0.2, 0.25) is 0 Å². The van der Waals surface area contributed by atoms with Gasteiger partial charge in [0.15, 0.2) is 0 Å². The Morgan fingerprint density at radius 3 is 2.40 bits per heavy atom. The van der Waals surface area contributed by atoms with Crippen molar-refractivity contribution in [1.82, 2.24) is 0 Å². The van der Waals surface area contributed by atoms with E-state index in [9.17, 15) is 4.79 Å². The molecule has 0 rings (SSSR count). The van der Waals surface area contributed by atoms with Gasteiger partial charge in [-0.15, -0.1) is 0 Å². The molecule has 4 N–H and O–H groups in total. The van der Waals surface area contributed by atoms with Gasteiger partial charge in [-0.25, -0.2) is 4.79 Å². The van der Waals surface area contributed by atoms with Crippen molar-refractivity contribution in [2.24, 2.45) is 0 Å². The first-order valence-electron chi connectivity index (χ1n) is 2.69. The lowest BCUT2D eigenvalue weighted by molar-refractivity contribution is -0.132. The molecule has 4 nitrogen and oxygen atoms in total. The van der Waals surface area contributed by atoms with E-state index in [-0.39, 0.29) is 17.7 Å². The van der Waals surface area contributed by atoms with Crippen molar-refractivity contribution in [3.05, 3.63) is 11.6 Å². The maximum Gasteiger partial charge on any atom is 0.330 e. The highest BCUT2D eigenvalue weighted by atomic mass is 16.4. The van der Waals surface area contributed by atoms with Crippen molar-refractivity contribution in [3.8, 4) is 0 Å². The van der Waals surface area contributed by atoms with E-state index in [0.717, 1.165) is 0 Å². The Labute approximate surface area is 59.1 Å². The van der Waals surface area contributed by atoms with Crippen LogP contribution in [-0.2, 0) is 4.79 Å². The first kappa shape index (κ1) is 11.9. The van der Waals surface area contributed by atoms with Crippen molar-refractivity contribution >= 4 is 5.97 Å². The van der Waals surface area contributed by atoms with E-state index in [4.69, 9.17) is 10.2 Å². The monoisotopic (exact) mass is 148 g/mol. The summed E-state index contributed by atoms with van der Waals surface area (Å²) < 4.78 is 0. The molecule has 0 aromatic heterocycles. The molecule has 0 aliphatic heterocycles. The molecular formula is C6H12O4. The Bertz CT molecular complexity index is 128. The minimum Gasteiger partial charge on any atom is -0.478 e. The van der Waals surface area contributed by atoms with E-state index in [1.54, 1.807) is 0 Å². The number of carboxylic acid groups (broad SMARTS) is 1. The zero-order valence-corrected chi connectivity index (χ0v) is 5.79. The van der Waals surface area contributed by atoms with Gasteiger partial charge in [0.25, 0.3) is 0 Å². The summed E-state index contributed by atoms with van der Waals surface area (Å²) in [5, 5.41) is 16.5. The average Bonchev–Trinajstić information content (AvgIpc) is 1.82. The van der Waals surface area contributed by atoms with Crippen LogP contribution in [0.3, 0.4) is 0 Å². The van der Waals surface area contributed by atoms with Crippen LogP contribution in [0.25, 0.3) is 0 Å². The molecule has 0 aliphatic rings. The summed E-state index contributed by atoms with van der Waals surface area (Å²) >= 11 is 0. The summed E-state index contributed by atoms with van der Waals surface area (Å²) in [7, 11) is 0. The molecule has 0 saturated carbocycles. The molecule has 0 unspecified atom stereocenters. The normalized spacial score (nSPS) is 10.4. The molecule has 0 fully saturated rings. The topological polar surface area (TPSA) is 89.0 Å². The van der Waals surface area contributed by atoms with Crippen LogP contribution in [0.1, 0.15) is 13.3 Å². The number of aliphatic carboxylic acids is 1. The van der Waals surface area contributed by atoms with Gasteiger partial charge in [0.1, 0.15) is 0 Å². The van der Waals surface area contributed by atoms with Crippen molar-refractivity contribution in [2.45, 2.75) is 13.3 Å². The third kappa shape index (κ3) is 5.27. The molecule has 0 radical (unpaired) electrons. The van der Waals surface area contributed by atoms with Gasteiger partial charge in [-0.1, -0.05) is 6.08 Å². The SMILES string of the molecule is CC(=CCCO)C(=O)O.O. The molecular weight excluding hydrogens is 136 g/mol. The predicted molar refractivity (Wildman–Crippen MR) is 36.7 cm³/mol. The summed E-state index contributed by atoms with van der Waals surface area (Å²) in [5.41, 5.74) is 0.282. The average molecular weight is 148 g/mol. The minimum absolute atomic E-state index is 0. The highest BCUT2D eigenvalue weighted by Crippen LogP contribution is 1.93. The fourth-order valence-corrected chi connectivity index (χ4v) is 0.368. The van der Waals surface area contributed by atoms with E-state index in [1.807, 2.05) is 0 Å². The Balaban J connectivity index is 0. The molecule has 0 aromatic carbocycles. The van der Waals surface area contributed by atoms with Crippen LogP contribution in [-0.4, -0.2) is 28.3 Å². The highest BCUT2D eigenvalue weighted by Gasteiger charge is 1.96. The molecule has 60 valence electrons. The van der Waals surface area contributed by atoms with Crippen LogP contribution in [0.4, 0.5) is 0 Å². The molecule has 0 atom stereocenters. The second kappa shape index (κ2) is 6.25. The van der Waals surface area contributed by atoms with Crippen molar-refractivity contribution in [2.75, 3.05) is 6.61 Å². The smallest absolute Gasteiger partial charge is 0.330 e. The van der Waals surface area contributed by atoms with Crippen LogP contribution in [0.2, 0.25) is 0 Å². The van der Waals surface area contributed by atoms with Gasteiger partial charge < -0.3 is 15.7 Å². The molecule has 0 aliphatic carbocycles. The second-order valence-corrected chi connectivity index (χ2v) is 1.70. The van der Waals surface area contributed by atoms with E-state index >= 15 is 0 Å². The lowest BCUT2D eigenvalue weighted by atomic mass is 10.2. The highest BCUT2D eigenvalue weighted by molar-refractivity contribution is 5.85. The molecule has 0 heterocycles. The fourth-order valence-electron chi connectivity index (χ4n) is 0.368. The number of rotatable bonds is 3. The van der Waals surface area contributed by atoms with Crippen LogP contribution >= 0.6 is 0 Å². The summed E-state index contributed by atoms with van der Waals surface area (Å²) in [4.78, 5) is 10.1. The molecule has 0 amide bonds. The van der Waals surface area contributed by atoms with Gasteiger partial charge in [-0.2, -0.15) is 0 Å². The summed E-state index contributed by atoms with van der Waals surface area (Å²) in [6.45, 7) is 1.50. The second-order valence-electron chi connectivity index (χ2n) is 1.70. The van der Waals surface area contributed by atoms with Crippen molar-refractivity contribution in [1.29, 1.82) is 0 Å². The Morgan fingerprint density at radius 1 is 1.60 bits per heavy atom. The van der Waals surface area contributed by atoms with Gasteiger partial charge in [0.05, 0.1) is 0 Å². The molecule has 0 bridgehead atoms. The number of hydrogen-bond donors (Lipinski definition) is 2.